The van der Waals surface area contributed by atoms with Gasteiger partial charge in [0, 0.05) is 6.04 Å². The number of rotatable bonds is 6. The van der Waals surface area contributed by atoms with E-state index in [1.165, 1.54) is 44.9 Å². The molecule has 18 heavy (non-hydrogen) atoms. The highest BCUT2D eigenvalue weighted by atomic mass is 14.9. The van der Waals surface area contributed by atoms with Gasteiger partial charge in [-0.05, 0) is 36.6 Å². The van der Waals surface area contributed by atoms with Crippen LogP contribution in [-0.2, 0) is 0 Å². The van der Waals surface area contributed by atoms with E-state index in [4.69, 9.17) is 0 Å². The molecule has 1 saturated carbocycles. The van der Waals surface area contributed by atoms with Crippen LogP contribution in [0, 0.1) is 17.3 Å². The van der Waals surface area contributed by atoms with Crippen molar-refractivity contribution in [2.45, 2.75) is 85.6 Å². The van der Waals surface area contributed by atoms with Crippen LogP contribution in [0.15, 0.2) is 0 Å². The summed E-state index contributed by atoms with van der Waals surface area (Å²) in [4.78, 5) is 0. The van der Waals surface area contributed by atoms with Gasteiger partial charge in [-0.3, -0.25) is 0 Å². The zero-order chi connectivity index (χ0) is 13.6. The van der Waals surface area contributed by atoms with Crippen molar-refractivity contribution in [2.75, 3.05) is 6.54 Å². The van der Waals surface area contributed by atoms with Gasteiger partial charge < -0.3 is 5.32 Å². The van der Waals surface area contributed by atoms with Crippen molar-refractivity contribution in [2.24, 2.45) is 17.3 Å². The Labute approximate surface area is 115 Å². The molecule has 1 rings (SSSR count). The van der Waals surface area contributed by atoms with Crippen LogP contribution in [0.2, 0.25) is 0 Å². The molecule has 0 heterocycles. The van der Waals surface area contributed by atoms with E-state index >= 15 is 0 Å². The summed E-state index contributed by atoms with van der Waals surface area (Å²) < 4.78 is 0. The second-order valence-corrected chi connectivity index (χ2v) is 7.35. The van der Waals surface area contributed by atoms with Crippen LogP contribution in [0.4, 0.5) is 0 Å². The minimum Gasteiger partial charge on any atom is -0.314 e. The first-order valence-corrected chi connectivity index (χ1v) is 8.20. The monoisotopic (exact) mass is 253 g/mol. The number of hydrogen-bond donors (Lipinski definition) is 1. The normalized spacial score (nSPS) is 27.2. The fraction of sp³-hybridized carbons (Fsp3) is 1.00. The Bertz CT molecular complexity index is 208. The predicted octanol–water partition coefficient (Wildman–Crippen LogP) is 5.01. The lowest BCUT2D eigenvalue weighted by molar-refractivity contribution is 0.210. The van der Waals surface area contributed by atoms with Gasteiger partial charge in [-0.15, -0.1) is 0 Å². The van der Waals surface area contributed by atoms with E-state index in [-0.39, 0.29) is 0 Å². The standard InChI is InChI=1S/C17H35N/c1-6-14-8-10-15(11-9-14)12-13-16(18-7-2)17(3,4)5/h14-16,18H,6-13H2,1-5H3. The maximum atomic E-state index is 3.68. The fourth-order valence-corrected chi connectivity index (χ4v) is 3.42. The molecule has 0 aromatic rings. The molecule has 1 heteroatoms. The Morgan fingerprint density at radius 2 is 1.56 bits per heavy atom. The van der Waals surface area contributed by atoms with Crippen LogP contribution in [0.25, 0.3) is 0 Å². The average molecular weight is 253 g/mol. The van der Waals surface area contributed by atoms with Gasteiger partial charge >= 0.3 is 0 Å². The molecule has 1 aliphatic carbocycles. The third kappa shape index (κ3) is 5.30. The second-order valence-electron chi connectivity index (χ2n) is 7.35. The predicted molar refractivity (Wildman–Crippen MR) is 81.9 cm³/mol. The minimum atomic E-state index is 0.399. The quantitative estimate of drug-likeness (QED) is 0.702. The van der Waals surface area contributed by atoms with Crippen molar-refractivity contribution < 1.29 is 0 Å². The first-order valence-electron chi connectivity index (χ1n) is 8.20. The van der Waals surface area contributed by atoms with E-state index in [2.05, 4.69) is 39.9 Å². The topological polar surface area (TPSA) is 12.0 Å². The number of hydrogen-bond acceptors (Lipinski definition) is 1. The fourth-order valence-electron chi connectivity index (χ4n) is 3.42. The Morgan fingerprint density at radius 3 is 2.00 bits per heavy atom. The molecule has 1 fully saturated rings. The molecule has 0 spiro atoms. The highest BCUT2D eigenvalue weighted by molar-refractivity contribution is 4.82. The molecule has 1 nitrogen and oxygen atoms in total. The van der Waals surface area contributed by atoms with Gasteiger partial charge in [-0.2, -0.15) is 0 Å². The molecule has 0 aromatic carbocycles. The van der Waals surface area contributed by atoms with Crippen LogP contribution in [-0.4, -0.2) is 12.6 Å². The van der Waals surface area contributed by atoms with E-state index in [9.17, 15) is 0 Å². The van der Waals surface area contributed by atoms with Gasteiger partial charge in [0.05, 0.1) is 0 Å². The minimum absolute atomic E-state index is 0.399. The van der Waals surface area contributed by atoms with Crippen molar-refractivity contribution in [1.29, 1.82) is 0 Å². The lowest BCUT2D eigenvalue weighted by Crippen LogP contribution is -2.40. The summed E-state index contributed by atoms with van der Waals surface area (Å²) in [6.07, 6.45) is 10.1. The van der Waals surface area contributed by atoms with E-state index in [1.807, 2.05) is 0 Å². The Morgan fingerprint density at radius 1 is 1.00 bits per heavy atom. The lowest BCUT2D eigenvalue weighted by Gasteiger charge is -2.34. The summed E-state index contributed by atoms with van der Waals surface area (Å²) in [6.45, 7) is 12.8. The molecule has 1 unspecified atom stereocenters. The smallest absolute Gasteiger partial charge is 0.0116 e. The summed E-state index contributed by atoms with van der Waals surface area (Å²) in [5, 5.41) is 3.68. The zero-order valence-corrected chi connectivity index (χ0v) is 13.4. The SMILES string of the molecule is CCNC(CCC1CCC(CC)CC1)C(C)(C)C. The first-order chi connectivity index (χ1) is 8.47. The summed E-state index contributed by atoms with van der Waals surface area (Å²) >= 11 is 0. The highest BCUT2D eigenvalue weighted by Crippen LogP contribution is 2.34. The van der Waals surface area contributed by atoms with Crippen LogP contribution in [0.5, 0.6) is 0 Å². The van der Waals surface area contributed by atoms with Gasteiger partial charge in [0.2, 0.25) is 0 Å². The van der Waals surface area contributed by atoms with E-state index in [0.717, 1.165) is 18.4 Å². The lowest BCUT2D eigenvalue weighted by atomic mass is 9.76. The van der Waals surface area contributed by atoms with E-state index in [0.29, 0.717) is 11.5 Å². The molecule has 0 aromatic heterocycles. The molecule has 108 valence electrons. The molecule has 0 bridgehead atoms. The second kappa shape index (κ2) is 7.53. The highest BCUT2D eigenvalue weighted by Gasteiger charge is 2.26. The summed E-state index contributed by atoms with van der Waals surface area (Å²) in [7, 11) is 0. The summed E-state index contributed by atoms with van der Waals surface area (Å²) in [5.74, 6) is 2.05. The summed E-state index contributed by atoms with van der Waals surface area (Å²) in [5.41, 5.74) is 0.399. The van der Waals surface area contributed by atoms with E-state index in [1.54, 1.807) is 0 Å². The molecule has 0 radical (unpaired) electrons. The summed E-state index contributed by atoms with van der Waals surface area (Å²) in [6, 6.07) is 0.686. The molecule has 0 saturated heterocycles. The molecule has 1 N–H and O–H groups in total. The molecular weight excluding hydrogens is 218 g/mol. The Kier molecular flexibility index (Phi) is 6.70. The van der Waals surface area contributed by atoms with Crippen molar-refractivity contribution in [3.8, 4) is 0 Å². The van der Waals surface area contributed by atoms with Gasteiger partial charge in [-0.1, -0.05) is 66.7 Å². The average Bonchev–Trinajstić information content (AvgIpc) is 2.33. The molecule has 1 aliphatic rings. The van der Waals surface area contributed by atoms with E-state index < -0.39 is 0 Å². The largest absolute Gasteiger partial charge is 0.314 e. The van der Waals surface area contributed by atoms with Crippen LogP contribution >= 0.6 is 0 Å². The molecule has 0 aliphatic heterocycles. The molecular formula is C17H35N. The van der Waals surface area contributed by atoms with Gasteiger partial charge in [0.1, 0.15) is 0 Å². The molecule has 1 atom stereocenters. The van der Waals surface area contributed by atoms with Crippen molar-refractivity contribution in [3.63, 3.8) is 0 Å². The Balaban J connectivity index is 2.30. The third-order valence-corrected chi connectivity index (χ3v) is 4.90. The van der Waals surface area contributed by atoms with Crippen molar-refractivity contribution >= 4 is 0 Å². The van der Waals surface area contributed by atoms with Gasteiger partial charge in [0.15, 0.2) is 0 Å². The van der Waals surface area contributed by atoms with Crippen LogP contribution < -0.4 is 5.32 Å². The first kappa shape index (κ1) is 16.0. The Hall–Kier alpha value is -0.0400. The van der Waals surface area contributed by atoms with Gasteiger partial charge in [-0.25, -0.2) is 0 Å². The van der Waals surface area contributed by atoms with Gasteiger partial charge in [0.25, 0.3) is 0 Å². The van der Waals surface area contributed by atoms with Crippen molar-refractivity contribution in [3.05, 3.63) is 0 Å². The molecule has 0 amide bonds. The van der Waals surface area contributed by atoms with Crippen LogP contribution in [0.1, 0.15) is 79.6 Å². The maximum absolute atomic E-state index is 3.68. The third-order valence-electron chi connectivity index (χ3n) is 4.90. The number of nitrogens with one attached hydrogen (secondary N) is 1. The van der Waals surface area contributed by atoms with Crippen molar-refractivity contribution in [1.82, 2.24) is 5.32 Å². The zero-order valence-electron chi connectivity index (χ0n) is 13.4. The maximum Gasteiger partial charge on any atom is 0.0116 e. The van der Waals surface area contributed by atoms with Crippen LogP contribution in [0.3, 0.4) is 0 Å².